The zero-order valence-electron chi connectivity index (χ0n) is 12.0. The van der Waals surface area contributed by atoms with Crippen LogP contribution < -0.4 is 5.32 Å². The van der Waals surface area contributed by atoms with E-state index in [0.29, 0.717) is 12.1 Å². The predicted molar refractivity (Wildman–Crippen MR) is 82.4 cm³/mol. The molecule has 3 nitrogen and oxygen atoms in total. The van der Waals surface area contributed by atoms with Crippen LogP contribution in [0.25, 0.3) is 5.69 Å². The number of methoxy groups -OCH3 is 1. The molecule has 2 unspecified atom stereocenters. The van der Waals surface area contributed by atoms with Gasteiger partial charge in [-0.1, -0.05) is 18.9 Å². The van der Waals surface area contributed by atoms with Crippen LogP contribution >= 0.6 is 0 Å². The van der Waals surface area contributed by atoms with E-state index in [0.717, 1.165) is 6.42 Å². The van der Waals surface area contributed by atoms with Crippen molar-refractivity contribution in [1.82, 2.24) is 4.57 Å². The maximum Gasteiger partial charge on any atom is 0.0772 e. The molecule has 1 fully saturated rings. The van der Waals surface area contributed by atoms with Gasteiger partial charge in [-0.05, 0) is 43.2 Å². The number of ether oxygens (including phenoxy) is 1. The molecule has 2 aromatic rings. The highest BCUT2D eigenvalue weighted by atomic mass is 16.5. The summed E-state index contributed by atoms with van der Waals surface area (Å²) in [5, 5.41) is 3.65. The van der Waals surface area contributed by atoms with Crippen LogP contribution in [0.1, 0.15) is 25.7 Å². The van der Waals surface area contributed by atoms with Crippen molar-refractivity contribution >= 4 is 5.69 Å². The van der Waals surface area contributed by atoms with Crippen LogP contribution in [0.15, 0.2) is 48.8 Å². The van der Waals surface area contributed by atoms with Gasteiger partial charge in [-0.25, -0.2) is 0 Å². The lowest BCUT2D eigenvalue weighted by Crippen LogP contribution is -2.37. The quantitative estimate of drug-likeness (QED) is 0.913. The van der Waals surface area contributed by atoms with E-state index in [4.69, 9.17) is 4.74 Å². The SMILES string of the molecule is COC1CCCCC1Nc1cccc(-n2cccc2)c1. The van der Waals surface area contributed by atoms with E-state index >= 15 is 0 Å². The second kappa shape index (κ2) is 6.14. The first-order chi connectivity index (χ1) is 9.86. The van der Waals surface area contributed by atoms with Gasteiger partial charge in [0.1, 0.15) is 0 Å². The van der Waals surface area contributed by atoms with E-state index in [-0.39, 0.29) is 0 Å². The van der Waals surface area contributed by atoms with Gasteiger partial charge in [-0.2, -0.15) is 0 Å². The molecule has 0 bridgehead atoms. The molecule has 1 saturated carbocycles. The van der Waals surface area contributed by atoms with Crippen molar-refractivity contribution in [3.63, 3.8) is 0 Å². The van der Waals surface area contributed by atoms with Gasteiger partial charge in [-0.15, -0.1) is 0 Å². The summed E-state index contributed by atoms with van der Waals surface area (Å²) in [5.41, 5.74) is 2.36. The second-order valence-corrected chi connectivity index (χ2v) is 5.45. The first kappa shape index (κ1) is 13.3. The van der Waals surface area contributed by atoms with Gasteiger partial charge >= 0.3 is 0 Å². The topological polar surface area (TPSA) is 26.2 Å². The van der Waals surface area contributed by atoms with E-state index in [2.05, 4.69) is 46.5 Å². The Morgan fingerprint density at radius 2 is 1.90 bits per heavy atom. The Kier molecular flexibility index (Phi) is 4.07. The van der Waals surface area contributed by atoms with Gasteiger partial charge in [-0.3, -0.25) is 0 Å². The summed E-state index contributed by atoms with van der Waals surface area (Å²) < 4.78 is 7.74. The van der Waals surface area contributed by atoms with Crippen LogP contribution in [0.5, 0.6) is 0 Å². The Balaban J connectivity index is 1.75. The molecule has 1 aromatic carbocycles. The predicted octanol–water partition coefficient (Wildman–Crippen LogP) is 3.85. The molecule has 106 valence electrons. The highest BCUT2D eigenvalue weighted by Gasteiger charge is 2.24. The highest BCUT2D eigenvalue weighted by Crippen LogP contribution is 2.25. The van der Waals surface area contributed by atoms with Gasteiger partial charge in [0, 0.05) is 30.9 Å². The molecule has 1 aliphatic rings. The zero-order chi connectivity index (χ0) is 13.8. The zero-order valence-corrected chi connectivity index (χ0v) is 12.0. The fourth-order valence-electron chi connectivity index (χ4n) is 3.02. The molecule has 1 heterocycles. The van der Waals surface area contributed by atoms with Crippen LogP contribution in [0, 0.1) is 0 Å². The van der Waals surface area contributed by atoms with Crippen LogP contribution in [0.3, 0.4) is 0 Å². The number of nitrogens with one attached hydrogen (secondary N) is 1. The third kappa shape index (κ3) is 2.88. The molecule has 0 radical (unpaired) electrons. The molecule has 3 heteroatoms. The number of aromatic nitrogens is 1. The third-order valence-electron chi connectivity index (χ3n) is 4.11. The molecule has 0 amide bonds. The Morgan fingerprint density at radius 3 is 2.70 bits per heavy atom. The summed E-state index contributed by atoms with van der Waals surface area (Å²) in [4.78, 5) is 0. The first-order valence-corrected chi connectivity index (χ1v) is 7.39. The van der Waals surface area contributed by atoms with E-state index in [9.17, 15) is 0 Å². The first-order valence-electron chi connectivity index (χ1n) is 7.39. The van der Waals surface area contributed by atoms with E-state index in [1.165, 1.54) is 30.6 Å². The molecule has 1 aromatic heterocycles. The van der Waals surface area contributed by atoms with Gasteiger partial charge < -0.3 is 14.6 Å². The lowest BCUT2D eigenvalue weighted by molar-refractivity contribution is 0.0606. The van der Waals surface area contributed by atoms with Crippen molar-refractivity contribution in [2.75, 3.05) is 12.4 Å². The maximum absolute atomic E-state index is 5.61. The molecule has 2 atom stereocenters. The third-order valence-corrected chi connectivity index (χ3v) is 4.11. The van der Waals surface area contributed by atoms with Crippen molar-refractivity contribution in [3.8, 4) is 5.69 Å². The number of hydrogen-bond donors (Lipinski definition) is 1. The van der Waals surface area contributed by atoms with Gasteiger partial charge in [0.15, 0.2) is 0 Å². The van der Waals surface area contributed by atoms with Crippen molar-refractivity contribution < 1.29 is 4.74 Å². The van der Waals surface area contributed by atoms with Gasteiger partial charge in [0.25, 0.3) is 0 Å². The second-order valence-electron chi connectivity index (χ2n) is 5.45. The Hall–Kier alpha value is -1.74. The molecule has 0 saturated heterocycles. The summed E-state index contributed by atoms with van der Waals surface area (Å²) in [7, 11) is 1.82. The Morgan fingerprint density at radius 1 is 1.10 bits per heavy atom. The Labute approximate surface area is 120 Å². The monoisotopic (exact) mass is 270 g/mol. The van der Waals surface area contributed by atoms with E-state index in [1.54, 1.807) is 0 Å². The van der Waals surface area contributed by atoms with Gasteiger partial charge in [0.05, 0.1) is 12.1 Å². The Bertz CT molecular complexity index is 536. The summed E-state index contributed by atoms with van der Waals surface area (Å²) in [5.74, 6) is 0. The summed E-state index contributed by atoms with van der Waals surface area (Å²) in [6.45, 7) is 0. The van der Waals surface area contributed by atoms with Crippen LogP contribution in [0.4, 0.5) is 5.69 Å². The molecular weight excluding hydrogens is 248 g/mol. The summed E-state index contributed by atoms with van der Waals surface area (Å²) in [6.07, 6.45) is 9.38. The van der Waals surface area contributed by atoms with Crippen LogP contribution in [0.2, 0.25) is 0 Å². The minimum absolute atomic E-state index is 0.332. The fraction of sp³-hybridized carbons (Fsp3) is 0.412. The van der Waals surface area contributed by atoms with Crippen LogP contribution in [-0.2, 0) is 4.74 Å². The average Bonchev–Trinajstić information content (AvgIpc) is 3.02. The molecule has 1 N–H and O–H groups in total. The average molecular weight is 270 g/mol. The van der Waals surface area contributed by atoms with Crippen LogP contribution in [-0.4, -0.2) is 23.8 Å². The number of hydrogen-bond acceptors (Lipinski definition) is 2. The standard InChI is InChI=1S/C17H22N2O/c1-20-17-10-3-2-9-16(17)18-14-7-6-8-15(13-14)19-11-4-5-12-19/h4-8,11-13,16-18H,2-3,9-10H2,1H3. The van der Waals surface area contributed by atoms with E-state index in [1.807, 2.05) is 19.2 Å². The van der Waals surface area contributed by atoms with Crippen molar-refractivity contribution in [2.24, 2.45) is 0 Å². The lowest BCUT2D eigenvalue weighted by Gasteiger charge is -2.31. The van der Waals surface area contributed by atoms with Gasteiger partial charge in [0.2, 0.25) is 0 Å². The number of anilines is 1. The fourth-order valence-corrected chi connectivity index (χ4v) is 3.02. The molecule has 20 heavy (non-hydrogen) atoms. The van der Waals surface area contributed by atoms with Crippen molar-refractivity contribution in [2.45, 2.75) is 37.8 Å². The smallest absolute Gasteiger partial charge is 0.0772 e. The maximum atomic E-state index is 5.61. The van der Waals surface area contributed by atoms with E-state index < -0.39 is 0 Å². The molecule has 1 aliphatic carbocycles. The summed E-state index contributed by atoms with van der Waals surface area (Å²) in [6, 6.07) is 13.1. The number of nitrogens with zero attached hydrogens (tertiary/aromatic N) is 1. The minimum atomic E-state index is 0.332. The summed E-state index contributed by atoms with van der Waals surface area (Å²) >= 11 is 0. The molecular formula is C17H22N2O. The minimum Gasteiger partial charge on any atom is -0.380 e. The largest absolute Gasteiger partial charge is 0.380 e. The number of benzene rings is 1. The highest BCUT2D eigenvalue weighted by molar-refractivity contribution is 5.52. The lowest BCUT2D eigenvalue weighted by atomic mass is 9.92. The molecule has 0 spiro atoms. The molecule has 0 aliphatic heterocycles. The van der Waals surface area contributed by atoms with Crippen molar-refractivity contribution in [3.05, 3.63) is 48.8 Å². The molecule has 3 rings (SSSR count). The number of rotatable bonds is 4. The normalized spacial score (nSPS) is 22.6. The van der Waals surface area contributed by atoms with Crippen molar-refractivity contribution in [1.29, 1.82) is 0 Å².